The van der Waals surface area contributed by atoms with Crippen LogP contribution in [0.5, 0.6) is 0 Å². The minimum absolute atomic E-state index is 0. The molecule has 1 aromatic rings. The Morgan fingerprint density at radius 2 is 2.27 bits per heavy atom. The SMILES string of the molecule is CC1CN(C(=O)C2CC(F)(F)CN2)CC(c2ccsc2)O1.Cl. The largest absolute Gasteiger partial charge is 0.367 e. The predicted molar refractivity (Wildman–Crippen MR) is 82.8 cm³/mol. The van der Waals surface area contributed by atoms with Gasteiger partial charge in [0, 0.05) is 13.0 Å². The van der Waals surface area contributed by atoms with Gasteiger partial charge in [-0.1, -0.05) is 0 Å². The molecule has 0 saturated carbocycles. The molecule has 3 unspecified atom stereocenters. The molecule has 3 rings (SSSR count). The average Bonchev–Trinajstić information content (AvgIpc) is 3.06. The molecule has 1 aromatic heterocycles. The van der Waals surface area contributed by atoms with Crippen molar-refractivity contribution in [2.24, 2.45) is 0 Å². The van der Waals surface area contributed by atoms with Crippen molar-refractivity contribution in [3.05, 3.63) is 22.4 Å². The Kier molecular flexibility index (Phi) is 5.42. The van der Waals surface area contributed by atoms with Crippen LogP contribution in [-0.4, -0.2) is 48.5 Å². The summed E-state index contributed by atoms with van der Waals surface area (Å²) in [6.45, 7) is 2.35. The standard InChI is InChI=1S/C14H18F2N2O2S.ClH/c1-9-5-18(6-12(20-9)10-2-3-21-7-10)13(19)11-4-14(15,16)8-17-11;/h2-3,7,9,11-12,17H,4-6,8H2,1H3;1H. The van der Waals surface area contributed by atoms with Crippen molar-refractivity contribution in [3.8, 4) is 0 Å². The smallest absolute Gasteiger partial charge is 0.262 e. The number of hydrogen-bond acceptors (Lipinski definition) is 4. The number of alkyl halides is 2. The van der Waals surface area contributed by atoms with Crippen LogP contribution in [0.4, 0.5) is 8.78 Å². The van der Waals surface area contributed by atoms with E-state index in [1.807, 2.05) is 23.8 Å². The second-order valence-corrected chi connectivity index (χ2v) is 6.51. The Labute approximate surface area is 138 Å². The summed E-state index contributed by atoms with van der Waals surface area (Å²) in [4.78, 5) is 14.1. The van der Waals surface area contributed by atoms with Gasteiger partial charge in [0.05, 0.1) is 25.2 Å². The maximum absolute atomic E-state index is 13.2. The van der Waals surface area contributed by atoms with E-state index < -0.39 is 24.9 Å². The minimum Gasteiger partial charge on any atom is -0.367 e. The van der Waals surface area contributed by atoms with Gasteiger partial charge in [0.2, 0.25) is 5.91 Å². The first-order valence-electron chi connectivity index (χ1n) is 7.02. The van der Waals surface area contributed by atoms with Crippen LogP contribution in [0, 0.1) is 0 Å². The van der Waals surface area contributed by atoms with Crippen LogP contribution in [0.3, 0.4) is 0 Å². The summed E-state index contributed by atoms with van der Waals surface area (Å²) in [7, 11) is 0. The molecule has 3 heterocycles. The van der Waals surface area contributed by atoms with Gasteiger partial charge in [0.15, 0.2) is 0 Å². The van der Waals surface area contributed by atoms with Crippen molar-refractivity contribution in [1.29, 1.82) is 0 Å². The third-order valence-electron chi connectivity index (χ3n) is 3.89. The molecule has 3 atom stereocenters. The number of halogens is 3. The van der Waals surface area contributed by atoms with Crippen LogP contribution < -0.4 is 5.32 Å². The van der Waals surface area contributed by atoms with Crippen LogP contribution >= 0.6 is 23.7 Å². The highest BCUT2D eigenvalue weighted by molar-refractivity contribution is 7.07. The molecule has 4 nitrogen and oxygen atoms in total. The zero-order valence-electron chi connectivity index (χ0n) is 12.1. The fraction of sp³-hybridized carbons (Fsp3) is 0.643. The van der Waals surface area contributed by atoms with Crippen LogP contribution in [0.15, 0.2) is 16.8 Å². The number of carbonyl (C=O) groups is 1. The molecule has 2 fully saturated rings. The van der Waals surface area contributed by atoms with Gasteiger partial charge >= 0.3 is 0 Å². The number of nitrogens with one attached hydrogen (secondary N) is 1. The van der Waals surface area contributed by atoms with Gasteiger partial charge < -0.3 is 9.64 Å². The minimum atomic E-state index is -2.79. The molecule has 1 amide bonds. The second kappa shape index (κ2) is 6.78. The summed E-state index contributed by atoms with van der Waals surface area (Å²) >= 11 is 1.57. The first-order chi connectivity index (χ1) is 9.94. The molecule has 0 aliphatic carbocycles. The molecule has 0 bridgehead atoms. The maximum Gasteiger partial charge on any atom is 0.262 e. The number of amides is 1. The van der Waals surface area contributed by atoms with E-state index in [0.29, 0.717) is 13.1 Å². The molecule has 0 aromatic carbocycles. The molecule has 0 radical (unpaired) electrons. The van der Waals surface area contributed by atoms with Gasteiger partial charge in [-0.25, -0.2) is 8.78 Å². The third-order valence-corrected chi connectivity index (χ3v) is 4.60. The monoisotopic (exact) mass is 352 g/mol. The van der Waals surface area contributed by atoms with Gasteiger partial charge in [-0.05, 0) is 29.3 Å². The second-order valence-electron chi connectivity index (χ2n) is 5.73. The predicted octanol–water partition coefficient (Wildman–Crippen LogP) is 2.46. The topological polar surface area (TPSA) is 41.6 Å². The lowest BCUT2D eigenvalue weighted by molar-refractivity contribution is -0.147. The van der Waals surface area contributed by atoms with Gasteiger partial charge in [-0.3, -0.25) is 10.1 Å². The Bertz CT molecular complexity index is 515. The first kappa shape index (κ1) is 17.6. The van der Waals surface area contributed by atoms with E-state index >= 15 is 0 Å². The number of nitrogens with zero attached hydrogens (tertiary/aromatic N) is 1. The molecule has 124 valence electrons. The molecular formula is C14H19ClF2N2O2S. The Morgan fingerprint density at radius 1 is 1.50 bits per heavy atom. The summed E-state index contributed by atoms with van der Waals surface area (Å²) < 4.78 is 32.3. The van der Waals surface area contributed by atoms with Crippen molar-refractivity contribution >= 4 is 29.7 Å². The Balaban J connectivity index is 0.00000176. The number of morpholine rings is 1. The highest BCUT2D eigenvalue weighted by atomic mass is 35.5. The number of ether oxygens (including phenoxy) is 1. The molecule has 8 heteroatoms. The van der Waals surface area contributed by atoms with Crippen molar-refractivity contribution in [3.63, 3.8) is 0 Å². The van der Waals surface area contributed by atoms with Crippen LogP contribution in [-0.2, 0) is 9.53 Å². The lowest BCUT2D eigenvalue weighted by Crippen LogP contribution is -2.51. The molecule has 0 spiro atoms. The molecule has 2 aliphatic rings. The van der Waals surface area contributed by atoms with E-state index in [9.17, 15) is 13.6 Å². The summed E-state index contributed by atoms with van der Waals surface area (Å²) in [5, 5.41) is 6.58. The van der Waals surface area contributed by atoms with Crippen molar-refractivity contribution < 1.29 is 18.3 Å². The summed E-state index contributed by atoms with van der Waals surface area (Å²) in [5.41, 5.74) is 1.04. The van der Waals surface area contributed by atoms with Crippen molar-refractivity contribution in [2.45, 2.75) is 37.5 Å². The molecule has 22 heavy (non-hydrogen) atoms. The van der Waals surface area contributed by atoms with E-state index in [4.69, 9.17) is 4.74 Å². The zero-order valence-corrected chi connectivity index (χ0v) is 13.8. The lowest BCUT2D eigenvalue weighted by atomic mass is 10.1. The molecule has 1 N–H and O–H groups in total. The zero-order chi connectivity index (χ0) is 15.0. The number of hydrogen-bond donors (Lipinski definition) is 1. The van der Waals surface area contributed by atoms with Crippen LogP contribution in [0.2, 0.25) is 0 Å². The average molecular weight is 353 g/mol. The first-order valence-corrected chi connectivity index (χ1v) is 7.96. The summed E-state index contributed by atoms with van der Waals surface area (Å²) in [6.07, 6.45) is -0.693. The molecule has 2 aliphatic heterocycles. The third kappa shape index (κ3) is 3.76. The fourth-order valence-electron chi connectivity index (χ4n) is 2.88. The number of carbonyl (C=O) groups excluding carboxylic acids is 1. The van der Waals surface area contributed by atoms with E-state index in [1.165, 1.54) is 0 Å². The van der Waals surface area contributed by atoms with Gasteiger partial charge in [-0.15, -0.1) is 12.4 Å². The van der Waals surface area contributed by atoms with E-state index in [1.54, 1.807) is 16.2 Å². The fourth-order valence-corrected chi connectivity index (χ4v) is 3.59. The quantitative estimate of drug-likeness (QED) is 0.889. The van der Waals surface area contributed by atoms with Crippen LogP contribution in [0.25, 0.3) is 0 Å². The summed E-state index contributed by atoms with van der Waals surface area (Å²) in [6, 6.07) is 1.19. The van der Waals surface area contributed by atoms with Crippen molar-refractivity contribution in [2.75, 3.05) is 19.6 Å². The molecule has 2 saturated heterocycles. The Morgan fingerprint density at radius 3 is 2.86 bits per heavy atom. The van der Waals surface area contributed by atoms with Gasteiger partial charge in [0.1, 0.15) is 6.10 Å². The van der Waals surface area contributed by atoms with Crippen molar-refractivity contribution in [1.82, 2.24) is 10.2 Å². The van der Waals surface area contributed by atoms with E-state index in [0.717, 1.165) is 5.56 Å². The van der Waals surface area contributed by atoms with Gasteiger partial charge in [-0.2, -0.15) is 11.3 Å². The molecular weight excluding hydrogens is 334 g/mol. The lowest BCUT2D eigenvalue weighted by Gasteiger charge is -2.37. The van der Waals surface area contributed by atoms with E-state index in [2.05, 4.69) is 5.32 Å². The normalized spacial score (nSPS) is 30.9. The highest BCUT2D eigenvalue weighted by Gasteiger charge is 2.44. The number of thiophene rings is 1. The highest BCUT2D eigenvalue weighted by Crippen LogP contribution is 2.30. The van der Waals surface area contributed by atoms with E-state index in [-0.39, 0.29) is 30.5 Å². The number of rotatable bonds is 2. The van der Waals surface area contributed by atoms with Gasteiger partial charge in [0.25, 0.3) is 5.92 Å². The summed E-state index contributed by atoms with van der Waals surface area (Å²) in [5.74, 6) is -3.03. The maximum atomic E-state index is 13.2. The van der Waals surface area contributed by atoms with Crippen LogP contribution in [0.1, 0.15) is 25.0 Å². The Hall–Kier alpha value is -0.760.